The summed E-state index contributed by atoms with van der Waals surface area (Å²) in [5.41, 5.74) is 3.35. The largest absolute Gasteiger partial charge is 0.335 e. The van der Waals surface area contributed by atoms with Gasteiger partial charge in [-0.2, -0.15) is 0 Å². The lowest BCUT2D eigenvalue weighted by Gasteiger charge is -2.20. The average molecular weight is 420 g/mol. The molecule has 6 heteroatoms. The first kappa shape index (κ1) is 21.6. The van der Waals surface area contributed by atoms with E-state index >= 15 is 0 Å². The number of amides is 1. The fourth-order valence-electron chi connectivity index (χ4n) is 3.21. The van der Waals surface area contributed by atoms with Gasteiger partial charge in [-0.25, -0.2) is 4.98 Å². The summed E-state index contributed by atoms with van der Waals surface area (Å²) in [5.74, 6) is 0.104. The molecule has 0 unspecified atom stereocenters. The van der Waals surface area contributed by atoms with Crippen molar-refractivity contribution in [1.29, 1.82) is 0 Å². The molecule has 0 spiro atoms. The maximum atomic E-state index is 13.4. The van der Waals surface area contributed by atoms with Gasteiger partial charge >= 0.3 is 0 Å². The van der Waals surface area contributed by atoms with Crippen LogP contribution in [0.25, 0.3) is 16.6 Å². The second-order valence-electron chi connectivity index (χ2n) is 6.94. The molecule has 0 aliphatic heterocycles. The molecule has 3 rings (SSSR count). The average Bonchev–Trinajstić information content (AvgIpc) is 2.74. The summed E-state index contributed by atoms with van der Waals surface area (Å²) in [5, 5.41) is 1.05. The number of rotatable bonds is 8. The Labute approximate surface area is 180 Å². The van der Waals surface area contributed by atoms with Gasteiger partial charge in [0.15, 0.2) is 5.16 Å². The third kappa shape index (κ3) is 4.39. The van der Waals surface area contributed by atoms with Crippen molar-refractivity contribution in [2.75, 3.05) is 18.8 Å². The summed E-state index contributed by atoms with van der Waals surface area (Å²) in [6.45, 7) is 12.3. The highest BCUT2D eigenvalue weighted by Gasteiger charge is 2.18. The van der Waals surface area contributed by atoms with E-state index in [-0.39, 0.29) is 17.2 Å². The zero-order valence-corrected chi connectivity index (χ0v) is 18.1. The molecule has 0 N–H and O–H groups in total. The molecule has 0 saturated carbocycles. The molecular weight excluding hydrogens is 394 g/mol. The SMILES string of the molecule is C=CCN(CC=C)C(=O)CSc1nc2ccccc2c(=O)n1-c1cccc(C)c1C. The topological polar surface area (TPSA) is 55.2 Å². The van der Waals surface area contributed by atoms with Crippen LogP contribution in [0.15, 0.2) is 77.7 Å². The number of carbonyl (C=O) groups is 1. The monoisotopic (exact) mass is 419 g/mol. The number of para-hydroxylation sites is 1. The smallest absolute Gasteiger partial charge is 0.266 e. The summed E-state index contributed by atoms with van der Waals surface area (Å²) in [7, 11) is 0. The number of thioether (sulfide) groups is 1. The summed E-state index contributed by atoms with van der Waals surface area (Å²) in [6.07, 6.45) is 3.37. The van der Waals surface area contributed by atoms with E-state index in [0.29, 0.717) is 29.1 Å². The van der Waals surface area contributed by atoms with Gasteiger partial charge in [0.05, 0.1) is 22.3 Å². The normalized spacial score (nSPS) is 10.7. The Bertz CT molecular complexity index is 1160. The number of aromatic nitrogens is 2. The Kier molecular flexibility index (Phi) is 6.90. The minimum atomic E-state index is -0.140. The minimum absolute atomic E-state index is 0.0604. The van der Waals surface area contributed by atoms with E-state index in [1.165, 1.54) is 11.8 Å². The van der Waals surface area contributed by atoms with Gasteiger partial charge in [0.1, 0.15) is 0 Å². The number of hydrogen-bond acceptors (Lipinski definition) is 4. The van der Waals surface area contributed by atoms with E-state index in [1.807, 2.05) is 50.2 Å². The predicted molar refractivity (Wildman–Crippen MR) is 125 cm³/mol. The summed E-state index contributed by atoms with van der Waals surface area (Å²) in [4.78, 5) is 32.5. The van der Waals surface area contributed by atoms with E-state index < -0.39 is 0 Å². The van der Waals surface area contributed by atoms with Crippen molar-refractivity contribution in [2.45, 2.75) is 19.0 Å². The third-order valence-corrected chi connectivity index (χ3v) is 5.86. The molecule has 3 aromatic rings. The van der Waals surface area contributed by atoms with E-state index in [4.69, 9.17) is 4.98 Å². The van der Waals surface area contributed by atoms with Gasteiger partial charge in [-0.3, -0.25) is 14.2 Å². The summed E-state index contributed by atoms with van der Waals surface area (Å²) in [6, 6.07) is 13.1. The Morgan fingerprint density at radius 2 is 1.80 bits per heavy atom. The number of nitrogens with zero attached hydrogens (tertiary/aromatic N) is 3. The van der Waals surface area contributed by atoms with Crippen LogP contribution in [0.2, 0.25) is 0 Å². The van der Waals surface area contributed by atoms with E-state index in [1.54, 1.807) is 27.7 Å². The molecule has 0 saturated heterocycles. The Morgan fingerprint density at radius 1 is 1.10 bits per heavy atom. The fourth-order valence-corrected chi connectivity index (χ4v) is 4.12. The summed E-state index contributed by atoms with van der Waals surface area (Å²) < 4.78 is 1.62. The molecule has 2 aromatic carbocycles. The third-order valence-electron chi connectivity index (χ3n) is 4.94. The van der Waals surface area contributed by atoms with Crippen LogP contribution < -0.4 is 5.56 Å². The quantitative estimate of drug-likeness (QED) is 0.310. The van der Waals surface area contributed by atoms with Gasteiger partial charge in [-0.05, 0) is 43.2 Å². The van der Waals surface area contributed by atoms with Crippen LogP contribution in [-0.4, -0.2) is 39.2 Å². The van der Waals surface area contributed by atoms with Crippen molar-refractivity contribution in [2.24, 2.45) is 0 Å². The van der Waals surface area contributed by atoms with Crippen LogP contribution in [0.4, 0.5) is 0 Å². The number of hydrogen-bond donors (Lipinski definition) is 0. The van der Waals surface area contributed by atoms with Crippen molar-refractivity contribution < 1.29 is 4.79 Å². The number of carbonyl (C=O) groups excluding carboxylic acids is 1. The van der Waals surface area contributed by atoms with Crippen LogP contribution in [0.5, 0.6) is 0 Å². The van der Waals surface area contributed by atoms with Gasteiger partial charge in [-0.15, -0.1) is 13.2 Å². The zero-order valence-electron chi connectivity index (χ0n) is 17.3. The molecule has 5 nitrogen and oxygen atoms in total. The number of aryl methyl sites for hydroxylation is 1. The standard InChI is InChI=1S/C24H25N3O2S/c1-5-14-26(15-6-2)22(28)16-30-24-25-20-12-8-7-11-19(20)23(29)27(24)21-13-9-10-17(3)18(21)4/h5-13H,1-2,14-16H2,3-4H3. The van der Waals surface area contributed by atoms with Crippen LogP contribution in [-0.2, 0) is 4.79 Å². The van der Waals surface area contributed by atoms with Crippen molar-refractivity contribution in [3.63, 3.8) is 0 Å². The molecule has 154 valence electrons. The van der Waals surface area contributed by atoms with Crippen molar-refractivity contribution >= 4 is 28.6 Å². The minimum Gasteiger partial charge on any atom is -0.335 e. The first-order valence-corrected chi connectivity index (χ1v) is 10.7. The zero-order chi connectivity index (χ0) is 21.7. The fraction of sp³-hybridized carbons (Fsp3) is 0.208. The molecule has 0 radical (unpaired) electrons. The molecule has 30 heavy (non-hydrogen) atoms. The van der Waals surface area contributed by atoms with E-state index in [9.17, 15) is 9.59 Å². The summed E-state index contributed by atoms with van der Waals surface area (Å²) >= 11 is 1.27. The molecule has 0 bridgehead atoms. The lowest BCUT2D eigenvalue weighted by atomic mass is 10.1. The lowest BCUT2D eigenvalue weighted by Crippen LogP contribution is -2.33. The number of benzene rings is 2. The van der Waals surface area contributed by atoms with Crippen molar-refractivity contribution in [1.82, 2.24) is 14.5 Å². The molecule has 0 fully saturated rings. The first-order valence-electron chi connectivity index (χ1n) is 9.68. The van der Waals surface area contributed by atoms with Crippen LogP contribution in [0.3, 0.4) is 0 Å². The second kappa shape index (κ2) is 9.59. The first-order chi connectivity index (χ1) is 14.5. The molecule has 0 aliphatic rings. The molecule has 0 aliphatic carbocycles. The Hall–Kier alpha value is -3.12. The lowest BCUT2D eigenvalue weighted by molar-refractivity contribution is -0.127. The molecule has 1 heterocycles. The highest BCUT2D eigenvalue weighted by atomic mass is 32.2. The Morgan fingerprint density at radius 3 is 2.50 bits per heavy atom. The van der Waals surface area contributed by atoms with Crippen LogP contribution >= 0.6 is 11.8 Å². The maximum Gasteiger partial charge on any atom is 0.266 e. The highest BCUT2D eigenvalue weighted by Crippen LogP contribution is 2.24. The van der Waals surface area contributed by atoms with Crippen molar-refractivity contribution in [3.05, 3.63) is 89.3 Å². The van der Waals surface area contributed by atoms with Gasteiger partial charge in [0.25, 0.3) is 5.56 Å². The van der Waals surface area contributed by atoms with E-state index in [2.05, 4.69) is 13.2 Å². The van der Waals surface area contributed by atoms with Gasteiger partial charge < -0.3 is 4.90 Å². The molecule has 1 amide bonds. The van der Waals surface area contributed by atoms with Gasteiger partial charge in [0.2, 0.25) is 5.91 Å². The maximum absolute atomic E-state index is 13.4. The Balaban J connectivity index is 2.08. The predicted octanol–water partition coefficient (Wildman–Crippen LogP) is 4.30. The molecule has 1 aromatic heterocycles. The van der Waals surface area contributed by atoms with Gasteiger partial charge in [-0.1, -0.05) is 48.2 Å². The van der Waals surface area contributed by atoms with E-state index in [0.717, 1.165) is 16.8 Å². The van der Waals surface area contributed by atoms with Crippen molar-refractivity contribution in [3.8, 4) is 5.69 Å². The van der Waals surface area contributed by atoms with Crippen LogP contribution in [0.1, 0.15) is 11.1 Å². The number of fused-ring (bicyclic) bond motifs is 1. The van der Waals surface area contributed by atoms with Crippen LogP contribution in [0, 0.1) is 13.8 Å². The second-order valence-corrected chi connectivity index (χ2v) is 7.88. The highest BCUT2D eigenvalue weighted by molar-refractivity contribution is 7.99. The molecule has 0 atom stereocenters. The van der Waals surface area contributed by atoms with Gasteiger partial charge in [0, 0.05) is 13.1 Å². The molecular formula is C24H25N3O2S.